The summed E-state index contributed by atoms with van der Waals surface area (Å²) in [6, 6.07) is 5.72. The van der Waals surface area contributed by atoms with Gasteiger partial charge in [0.05, 0.1) is 19.8 Å². The number of hydrogen-bond donors (Lipinski definition) is 1. The molecule has 1 unspecified atom stereocenters. The summed E-state index contributed by atoms with van der Waals surface area (Å²) in [6.07, 6.45) is 2.88. The van der Waals surface area contributed by atoms with E-state index in [1.165, 1.54) is 24.5 Å². The van der Waals surface area contributed by atoms with E-state index >= 15 is 0 Å². The zero-order valence-electron chi connectivity index (χ0n) is 14.1. The molecule has 0 amide bonds. The highest BCUT2D eigenvalue weighted by atomic mass is 32.2. The Morgan fingerprint density at radius 1 is 1.17 bits per heavy atom. The molecule has 2 saturated heterocycles. The third-order valence-electron chi connectivity index (χ3n) is 5.11. The molecule has 128 valence electrons. The number of rotatable bonds is 5. The predicted molar refractivity (Wildman–Crippen MR) is 94.5 cm³/mol. The van der Waals surface area contributed by atoms with Gasteiger partial charge in [-0.15, -0.1) is 0 Å². The maximum Gasteiger partial charge on any atom is 0.122 e. The van der Waals surface area contributed by atoms with Gasteiger partial charge in [-0.1, -0.05) is 0 Å². The molecule has 3 rings (SSSR count). The van der Waals surface area contributed by atoms with Crippen molar-refractivity contribution in [3.8, 4) is 11.5 Å². The Morgan fingerprint density at radius 2 is 1.83 bits per heavy atom. The standard InChI is InChI=1S/C18H27NO3S/c1-21-16-9-15(10-17(11-16)22-2)18(20)4-6-19(7-5-18)12-14-3-8-23-13-14/h9-11,14,20H,3-8,12-13H2,1-2H3. The molecule has 5 heteroatoms. The van der Waals surface area contributed by atoms with Crippen LogP contribution in [0.2, 0.25) is 0 Å². The van der Waals surface area contributed by atoms with Crippen molar-refractivity contribution < 1.29 is 14.6 Å². The second-order valence-electron chi connectivity index (χ2n) is 6.66. The molecule has 0 spiro atoms. The third kappa shape index (κ3) is 3.95. The zero-order chi connectivity index (χ0) is 16.3. The lowest BCUT2D eigenvalue weighted by atomic mass is 9.84. The summed E-state index contributed by atoms with van der Waals surface area (Å²) in [4.78, 5) is 2.52. The molecule has 0 aromatic heterocycles. The van der Waals surface area contributed by atoms with Crippen molar-refractivity contribution in [2.45, 2.75) is 24.9 Å². The Bertz CT molecular complexity index is 501. The number of thioether (sulfide) groups is 1. The van der Waals surface area contributed by atoms with E-state index in [-0.39, 0.29) is 0 Å². The quantitative estimate of drug-likeness (QED) is 0.895. The van der Waals surface area contributed by atoms with Crippen molar-refractivity contribution in [3.05, 3.63) is 23.8 Å². The van der Waals surface area contributed by atoms with E-state index in [0.29, 0.717) is 0 Å². The Kier molecular flexibility index (Phi) is 5.39. The number of nitrogens with zero attached hydrogens (tertiary/aromatic N) is 1. The van der Waals surface area contributed by atoms with Crippen LogP contribution in [0.25, 0.3) is 0 Å². The lowest BCUT2D eigenvalue weighted by Crippen LogP contribution is -2.44. The van der Waals surface area contributed by atoms with Crippen LogP contribution < -0.4 is 9.47 Å². The fraction of sp³-hybridized carbons (Fsp3) is 0.667. The molecule has 0 bridgehead atoms. The predicted octanol–water partition coefficient (Wildman–Crippen LogP) is 2.74. The van der Waals surface area contributed by atoms with Gasteiger partial charge in [0, 0.05) is 25.7 Å². The minimum atomic E-state index is -0.775. The van der Waals surface area contributed by atoms with Crippen LogP contribution in [-0.4, -0.2) is 55.4 Å². The molecular formula is C18H27NO3S. The van der Waals surface area contributed by atoms with Gasteiger partial charge in [0.25, 0.3) is 0 Å². The maximum absolute atomic E-state index is 11.1. The first kappa shape index (κ1) is 16.9. The zero-order valence-corrected chi connectivity index (χ0v) is 14.9. The van der Waals surface area contributed by atoms with E-state index in [2.05, 4.69) is 16.7 Å². The summed E-state index contributed by atoms with van der Waals surface area (Å²) >= 11 is 2.07. The number of ether oxygens (including phenoxy) is 2. The average Bonchev–Trinajstić information content (AvgIpc) is 3.09. The summed E-state index contributed by atoms with van der Waals surface area (Å²) in [5.41, 5.74) is 0.132. The van der Waals surface area contributed by atoms with Crippen molar-refractivity contribution in [1.29, 1.82) is 0 Å². The third-order valence-corrected chi connectivity index (χ3v) is 6.34. The fourth-order valence-corrected chi connectivity index (χ4v) is 4.83. The molecule has 23 heavy (non-hydrogen) atoms. The maximum atomic E-state index is 11.1. The minimum Gasteiger partial charge on any atom is -0.497 e. The van der Waals surface area contributed by atoms with Gasteiger partial charge in [-0.3, -0.25) is 0 Å². The smallest absolute Gasteiger partial charge is 0.122 e. The highest BCUT2D eigenvalue weighted by Gasteiger charge is 2.35. The molecule has 1 atom stereocenters. The Balaban J connectivity index is 1.66. The van der Waals surface area contributed by atoms with Crippen LogP contribution in [0.5, 0.6) is 11.5 Å². The molecule has 0 radical (unpaired) electrons. The van der Waals surface area contributed by atoms with E-state index in [4.69, 9.17) is 9.47 Å². The number of hydrogen-bond acceptors (Lipinski definition) is 5. The van der Waals surface area contributed by atoms with Crippen molar-refractivity contribution in [3.63, 3.8) is 0 Å². The van der Waals surface area contributed by atoms with Gasteiger partial charge in [-0.25, -0.2) is 0 Å². The van der Waals surface area contributed by atoms with Gasteiger partial charge >= 0.3 is 0 Å². The molecule has 1 aromatic carbocycles. The lowest BCUT2D eigenvalue weighted by Gasteiger charge is -2.39. The molecule has 2 aliphatic rings. The number of likely N-dealkylation sites (tertiary alicyclic amines) is 1. The first-order valence-electron chi connectivity index (χ1n) is 8.39. The van der Waals surface area contributed by atoms with Gasteiger partial charge in [0.15, 0.2) is 0 Å². The van der Waals surface area contributed by atoms with Gasteiger partial charge in [0.2, 0.25) is 0 Å². The molecule has 0 aliphatic carbocycles. The molecule has 1 N–H and O–H groups in total. The van der Waals surface area contributed by atoms with Gasteiger partial charge in [-0.2, -0.15) is 11.8 Å². The largest absolute Gasteiger partial charge is 0.497 e. The lowest BCUT2D eigenvalue weighted by molar-refractivity contribution is -0.0284. The van der Waals surface area contributed by atoms with Gasteiger partial charge in [0.1, 0.15) is 11.5 Å². The highest BCUT2D eigenvalue weighted by Crippen LogP contribution is 2.37. The van der Waals surface area contributed by atoms with Crippen LogP contribution >= 0.6 is 11.8 Å². The number of aliphatic hydroxyl groups is 1. The first-order chi connectivity index (χ1) is 11.1. The van der Waals surface area contributed by atoms with Crippen LogP contribution in [0, 0.1) is 5.92 Å². The molecule has 2 heterocycles. The van der Waals surface area contributed by atoms with Crippen molar-refractivity contribution in [2.75, 3.05) is 45.4 Å². The van der Waals surface area contributed by atoms with Crippen molar-refractivity contribution >= 4 is 11.8 Å². The van der Waals surface area contributed by atoms with Crippen molar-refractivity contribution in [2.24, 2.45) is 5.92 Å². The Labute approximate surface area is 143 Å². The normalized spacial score (nSPS) is 24.6. The second kappa shape index (κ2) is 7.32. The number of piperidine rings is 1. The van der Waals surface area contributed by atoms with E-state index in [1.807, 2.05) is 18.2 Å². The van der Waals surface area contributed by atoms with E-state index in [0.717, 1.165) is 48.9 Å². The number of methoxy groups -OCH3 is 2. The van der Waals surface area contributed by atoms with Crippen molar-refractivity contribution in [1.82, 2.24) is 4.90 Å². The molecule has 0 saturated carbocycles. The highest BCUT2D eigenvalue weighted by molar-refractivity contribution is 7.99. The average molecular weight is 337 g/mol. The molecule has 4 nitrogen and oxygen atoms in total. The fourth-order valence-electron chi connectivity index (χ4n) is 3.56. The van der Waals surface area contributed by atoms with Crippen LogP contribution in [-0.2, 0) is 5.60 Å². The monoisotopic (exact) mass is 337 g/mol. The summed E-state index contributed by atoms with van der Waals surface area (Å²) < 4.78 is 10.7. The Morgan fingerprint density at radius 3 is 2.35 bits per heavy atom. The Hall–Kier alpha value is -0.910. The van der Waals surface area contributed by atoms with E-state index in [1.54, 1.807) is 14.2 Å². The van der Waals surface area contributed by atoms with Crippen LogP contribution in [0.3, 0.4) is 0 Å². The topological polar surface area (TPSA) is 41.9 Å². The van der Waals surface area contributed by atoms with E-state index < -0.39 is 5.60 Å². The second-order valence-corrected chi connectivity index (χ2v) is 7.81. The molecular weight excluding hydrogens is 310 g/mol. The first-order valence-corrected chi connectivity index (χ1v) is 9.54. The number of benzene rings is 1. The summed E-state index contributed by atoms with van der Waals surface area (Å²) in [7, 11) is 3.29. The van der Waals surface area contributed by atoms with Crippen LogP contribution in [0.4, 0.5) is 0 Å². The van der Waals surface area contributed by atoms with E-state index in [9.17, 15) is 5.11 Å². The van der Waals surface area contributed by atoms with Gasteiger partial charge in [-0.05, 0) is 54.4 Å². The minimum absolute atomic E-state index is 0.734. The molecule has 2 fully saturated rings. The summed E-state index contributed by atoms with van der Waals surface area (Å²) in [5, 5.41) is 11.1. The van der Waals surface area contributed by atoms with Crippen LogP contribution in [0.1, 0.15) is 24.8 Å². The van der Waals surface area contributed by atoms with Gasteiger partial charge < -0.3 is 19.5 Å². The SMILES string of the molecule is COc1cc(OC)cc(C2(O)CCN(CC3CCSC3)CC2)c1. The molecule has 2 aliphatic heterocycles. The van der Waals surface area contributed by atoms with Crippen LogP contribution in [0.15, 0.2) is 18.2 Å². The summed E-state index contributed by atoms with van der Waals surface area (Å²) in [5.74, 6) is 4.92. The molecule has 1 aromatic rings. The summed E-state index contributed by atoms with van der Waals surface area (Å²) in [6.45, 7) is 3.10.